The maximum atomic E-state index is 12.0. The van der Waals surface area contributed by atoms with Gasteiger partial charge in [0.05, 0.1) is 0 Å². The molecule has 0 fully saturated rings. The molecule has 4 heteroatoms. The van der Waals surface area contributed by atoms with Crippen LogP contribution in [-0.4, -0.2) is 12.4 Å². The Labute approximate surface area is 99.6 Å². The van der Waals surface area contributed by atoms with Gasteiger partial charge in [-0.3, -0.25) is 4.79 Å². The van der Waals surface area contributed by atoms with Crippen molar-refractivity contribution in [2.45, 2.75) is 33.3 Å². The molecule has 17 heavy (non-hydrogen) atoms. The Morgan fingerprint density at radius 2 is 1.71 bits per heavy atom. The van der Waals surface area contributed by atoms with Crippen molar-refractivity contribution in [3.63, 3.8) is 0 Å². The summed E-state index contributed by atoms with van der Waals surface area (Å²) in [6.07, 6.45) is 1.56. The van der Waals surface area contributed by atoms with Gasteiger partial charge in [0.25, 0.3) is 0 Å². The molecular weight excluding hydrogens is 226 g/mol. The minimum atomic E-state index is -2.84. The Bertz CT molecular complexity index is 356. The summed E-state index contributed by atoms with van der Waals surface area (Å²) in [4.78, 5) is 12.0. The number of ketones is 1. The molecule has 2 nitrogen and oxygen atoms in total. The SMILES string of the molecule is CCC(CC)C(=O)c1ccc(OC(F)F)cc1. The van der Waals surface area contributed by atoms with E-state index >= 15 is 0 Å². The molecule has 0 radical (unpaired) electrons. The summed E-state index contributed by atoms with van der Waals surface area (Å²) in [5, 5.41) is 0. The Morgan fingerprint density at radius 1 is 1.18 bits per heavy atom. The van der Waals surface area contributed by atoms with Crippen molar-refractivity contribution in [2.75, 3.05) is 0 Å². The number of carbonyl (C=O) groups excluding carboxylic acids is 1. The second-order valence-corrected chi connectivity index (χ2v) is 3.78. The van der Waals surface area contributed by atoms with E-state index < -0.39 is 6.61 Å². The molecule has 1 rings (SSSR count). The summed E-state index contributed by atoms with van der Waals surface area (Å²) in [6.45, 7) is 1.08. The molecule has 0 unspecified atom stereocenters. The van der Waals surface area contributed by atoms with Crippen LogP contribution in [0.3, 0.4) is 0 Å². The number of benzene rings is 1. The second kappa shape index (κ2) is 6.33. The molecule has 0 heterocycles. The monoisotopic (exact) mass is 242 g/mol. The third-order valence-corrected chi connectivity index (χ3v) is 2.72. The van der Waals surface area contributed by atoms with Gasteiger partial charge in [0.15, 0.2) is 5.78 Å². The lowest BCUT2D eigenvalue weighted by Crippen LogP contribution is -2.13. The molecule has 1 aromatic rings. The largest absolute Gasteiger partial charge is 0.435 e. The molecule has 0 atom stereocenters. The number of alkyl halides is 2. The van der Waals surface area contributed by atoms with E-state index in [0.717, 1.165) is 12.8 Å². The fourth-order valence-electron chi connectivity index (χ4n) is 1.70. The summed E-state index contributed by atoms with van der Waals surface area (Å²) in [7, 11) is 0. The fourth-order valence-corrected chi connectivity index (χ4v) is 1.70. The van der Waals surface area contributed by atoms with E-state index in [1.54, 1.807) is 0 Å². The molecule has 0 N–H and O–H groups in total. The molecule has 0 aliphatic carbocycles. The lowest BCUT2D eigenvalue weighted by Gasteiger charge is -2.11. The molecule has 0 amide bonds. The highest BCUT2D eigenvalue weighted by molar-refractivity contribution is 5.97. The predicted molar refractivity (Wildman–Crippen MR) is 61.5 cm³/mol. The van der Waals surface area contributed by atoms with Crippen LogP contribution in [0, 0.1) is 5.92 Å². The molecule has 0 bridgehead atoms. The summed E-state index contributed by atoms with van der Waals surface area (Å²) in [6, 6.07) is 5.83. The van der Waals surface area contributed by atoms with E-state index in [0.29, 0.717) is 5.56 Å². The van der Waals surface area contributed by atoms with Crippen LogP contribution in [0.2, 0.25) is 0 Å². The Kier molecular flexibility index (Phi) is 5.07. The number of rotatable bonds is 6. The lowest BCUT2D eigenvalue weighted by molar-refractivity contribution is -0.0498. The van der Waals surface area contributed by atoms with Crippen LogP contribution >= 0.6 is 0 Å². The molecule has 0 saturated carbocycles. The van der Waals surface area contributed by atoms with Crippen LogP contribution in [0.4, 0.5) is 8.78 Å². The van der Waals surface area contributed by atoms with Gasteiger partial charge in [0.1, 0.15) is 5.75 Å². The number of hydrogen-bond acceptors (Lipinski definition) is 2. The van der Waals surface area contributed by atoms with Crippen molar-refractivity contribution >= 4 is 5.78 Å². The first-order valence-electron chi connectivity index (χ1n) is 5.67. The van der Waals surface area contributed by atoms with Gasteiger partial charge >= 0.3 is 6.61 Å². The first-order valence-corrected chi connectivity index (χ1v) is 5.67. The first-order chi connectivity index (χ1) is 8.08. The van der Waals surface area contributed by atoms with Crippen LogP contribution in [0.25, 0.3) is 0 Å². The lowest BCUT2D eigenvalue weighted by atomic mass is 9.93. The van der Waals surface area contributed by atoms with Crippen molar-refractivity contribution in [1.29, 1.82) is 0 Å². The quantitative estimate of drug-likeness (QED) is 0.707. The van der Waals surface area contributed by atoms with Crippen LogP contribution in [0.1, 0.15) is 37.0 Å². The van der Waals surface area contributed by atoms with E-state index in [-0.39, 0.29) is 17.5 Å². The second-order valence-electron chi connectivity index (χ2n) is 3.78. The van der Waals surface area contributed by atoms with Gasteiger partial charge in [-0.15, -0.1) is 0 Å². The zero-order valence-electron chi connectivity index (χ0n) is 9.95. The highest BCUT2D eigenvalue weighted by Crippen LogP contribution is 2.19. The number of halogens is 2. The molecule has 0 aromatic heterocycles. The maximum absolute atomic E-state index is 12.0. The standard InChI is InChI=1S/C13H16F2O2/c1-3-9(4-2)12(16)10-5-7-11(8-6-10)17-13(14)15/h5-9,13H,3-4H2,1-2H3. The summed E-state index contributed by atoms with van der Waals surface area (Å²) >= 11 is 0. The molecule has 1 aromatic carbocycles. The van der Waals surface area contributed by atoms with Crippen molar-refractivity contribution in [3.8, 4) is 5.75 Å². The van der Waals surface area contributed by atoms with Gasteiger partial charge in [-0.1, -0.05) is 13.8 Å². The minimum Gasteiger partial charge on any atom is -0.435 e. The van der Waals surface area contributed by atoms with E-state index in [1.165, 1.54) is 24.3 Å². The third kappa shape index (κ3) is 3.80. The predicted octanol–water partition coefficient (Wildman–Crippen LogP) is 3.91. The van der Waals surface area contributed by atoms with Crippen LogP contribution in [0.15, 0.2) is 24.3 Å². The molecule has 0 aliphatic heterocycles. The zero-order chi connectivity index (χ0) is 12.8. The van der Waals surface area contributed by atoms with Gasteiger partial charge in [0.2, 0.25) is 0 Å². The van der Waals surface area contributed by atoms with Gasteiger partial charge in [-0.05, 0) is 37.1 Å². The smallest absolute Gasteiger partial charge is 0.387 e. The first kappa shape index (κ1) is 13.6. The Balaban J connectivity index is 2.76. The van der Waals surface area contributed by atoms with Gasteiger partial charge < -0.3 is 4.74 Å². The third-order valence-electron chi connectivity index (χ3n) is 2.72. The Morgan fingerprint density at radius 3 is 2.12 bits per heavy atom. The normalized spacial score (nSPS) is 10.9. The number of Topliss-reactive ketones (excluding diaryl/α,β-unsaturated/α-hetero) is 1. The minimum absolute atomic E-state index is 0.00290. The summed E-state index contributed by atoms with van der Waals surface area (Å²) in [5.74, 6) is 0.122. The highest BCUT2D eigenvalue weighted by atomic mass is 19.3. The van der Waals surface area contributed by atoms with Crippen molar-refractivity contribution in [1.82, 2.24) is 0 Å². The summed E-state index contributed by atoms with van der Waals surface area (Å²) < 4.78 is 28.1. The van der Waals surface area contributed by atoms with Gasteiger partial charge in [0, 0.05) is 11.5 Å². The maximum Gasteiger partial charge on any atom is 0.387 e. The topological polar surface area (TPSA) is 26.3 Å². The fraction of sp³-hybridized carbons (Fsp3) is 0.462. The van der Waals surface area contributed by atoms with Crippen molar-refractivity contribution in [2.24, 2.45) is 5.92 Å². The number of carbonyl (C=O) groups is 1. The van der Waals surface area contributed by atoms with E-state index in [1.807, 2.05) is 13.8 Å². The molecule has 0 aliphatic rings. The molecule has 0 saturated heterocycles. The van der Waals surface area contributed by atoms with Gasteiger partial charge in [-0.25, -0.2) is 0 Å². The van der Waals surface area contributed by atoms with Crippen molar-refractivity contribution < 1.29 is 18.3 Å². The summed E-state index contributed by atoms with van der Waals surface area (Å²) in [5.41, 5.74) is 0.542. The van der Waals surface area contributed by atoms with E-state index in [4.69, 9.17) is 0 Å². The van der Waals surface area contributed by atoms with Crippen LogP contribution in [0.5, 0.6) is 5.75 Å². The Hall–Kier alpha value is -1.45. The van der Waals surface area contributed by atoms with E-state index in [2.05, 4.69) is 4.74 Å². The molecular formula is C13H16F2O2. The zero-order valence-corrected chi connectivity index (χ0v) is 9.95. The van der Waals surface area contributed by atoms with E-state index in [9.17, 15) is 13.6 Å². The average molecular weight is 242 g/mol. The van der Waals surface area contributed by atoms with Crippen LogP contribution in [-0.2, 0) is 0 Å². The van der Waals surface area contributed by atoms with Crippen LogP contribution < -0.4 is 4.74 Å². The molecule has 0 spiro atoms. The number of ether oxygens (including phenoxy) is 1. The highest BCUT2D eigenvalue weighted by Gasteiger charge is 2.16. The van der Waals surface area contributed by atoms with Crippen molar-refractivity contribution in [3.05, 3.63) is 29.8 Å². The number of hydrogen-bond donors (Lipinski definition) is 0. The van der Waals surface area contributed by atoms with Gasteiger partial charge in [-0.2, -0.15) is 8.78 Å². The molecule has 94 valence electrons. The average Bonchev–Trinajstić information content (AvgIpc) is 2.30.